The molecule has 1 aliphatic rings. The van der Waals surface area contributed by atoms with Crippen molar-refractivity contribution < 1.29 is 4.79 Å². The second-order valence-electron chi connectivity index (χ2n) is 8.57. The topological polar surface area (TPSA) is 72.7 Å². The first-order valence-electron chi connectivity index (χ1n) is 9.87. The molecule has 0 saturated heterocycles. The van der Waals surface area contributed by atoms with Crippen molar-refractivity contribution in [3.8, 4) is 0 Å². The number of carbonyl (C=O) groups excluding carboxylic acids is 1. The standard InChI is InChI=1S/C21H27N5OS/c1-7-15-12(3)28-20(23-15)24-19(27)14-10-16(13-8-9-13)22-18-17(14)11(2)25-26(18)21(4,5)6/h10,13H,7-9H2,1-6H3,(H,23,24,27). The number of hydrogen-bond acceptors (Lipinski definition) is 5. The molecule has 7 heteroatoms. The molecule has 148 valence electrons. The number of aryl methyl sites for hydroxylation is 3. The van der Waals surface area contributed by atoms with Gasteiger partial charge in [0.15, 0.2) is 10.8 Å². The number of rotatable bonds is 4. The molecular formula is C21H27N5OS. The van der Waals surface area contributed by atoms with Gasteiger partial charge in [0.1, 0.15) is 0 Å². The first kappa shape index (κ1) is 19.1. The molecular weight excluding hydrogens is 370 g/mol. The number of aromatic nitrogens is 4. The highest BCUT2D eigenvalue weighted by molar-refractivity contribution is 7.15. The van der Waals surface area contributed by atoms with Crippen molar-refractivity contribution in [1.29, 1.82) is 0 Å². The maximum atomic E-state index is 13.2. The van der Waals surface area contributed by atoms with Gasteiger partial charge in [-0.1, -0.05) is 6.92 Å². The number of fused-ring (bicyclic) bond motifs is 1. The zero-order valence-corrected chi connectivity index (χ0v) is 18.2. The summed E-state index contributed by atoms with van der Waals surface area (Å²) in [6.45, 7) is 12.4. The van der Waals surface area contributed by atoms with Gasteiger partial charge >= 0.3 is 0 Å². The van der Waals surface area contributed by atoms with E-state index in [2.05, 4.69) is 38.0 Å². The van der Waals surface area contributed by atoms with Crippen LogP contribution in [0, 0.1) is 13.8 Å². The molecule has 0 unspecified atom stereocenters. The Labute approximate surface area is 169 Å². The molecule has 0 spiro atoms. The summed E-state index contributed by atoms with van der Waals surface area (Å²) in [6, 6.07) is 1.96. The van der Waals surface area contributed by atoms with E-state index in [1.807, 2.05) is 24.6 Å². The van der Waals surface area contributed by atoms with Gasteiger partial charge in [-0.05, 0) is 59.9 Å². The molecule has 3 aromatic heterocycles. The minimum atomic E-state index is -0.210. The molecule has 4 rings (SSSR count). The molecule has 1 saturated carbocycles. The Balaban J connectivity index is 1.82. The van der Waals surface area contributed by atoms with E-state index in [4.69, 9.17) is 10.1 Å². The lowest BCUT2D eigenvalue weighted by Gasteiger charge is -2.20. The first-order valence-corrected chi connectivity index (χ1v) is 10.7. The average Bonchev–Trinajstić information content (AvgIpc) is 3.33. The minimum absolute atomic E-state index is 0.137. The molecule has 3 aromatic rings. The van der Waals surface area contributed by atoms with Crippen molar-refractivity contribution in [2.45, 2.75) is 72.3 Å². The molecule has 28 heavy (non-hydrogen) atoms. The van der Waals surface area contributed by atoms with Gasteiger partial charge in [-0.15, -0.1) is 11.3 Å². The highest BCUT2D eigenvalue weighted by atomic mass is 32.1. The SMILES string of the molecule is CCc1nc(NC(=O)c2cc(C3CC3)nc3c2c(C)nn3C(C)(C)C)sc1C. The Bertz CT molecular complexity index is 1070. The van der Waals surface area contributed by atoms with E-state index >= 15 is 0 Å². The van der Waals surface area contributed by atoms with Crippen molar-refractivity contribution >= 4 is 33.4 Å². The Hall–Kier alpha value is -2.28. The van der Waals surface area contributed by atoms with Gasteiger partial charge in [-0.3, -0.25) is 10.1 Å². The van der Waals surface area contributed by atoms with Gasteiger partial charge in [0.05, 0.1) is 27.9 Å². The summed E-state index contributed by atoms with van der Waals surface area (Å²) in [5.41, 5.74) is 4.09. The van der Waals surface area contributed by atoms with E-state index < -0.39 is 0 Å². The third-order valence-corrected chi connectivity index (χ3v) is 6.08. The first-order chi connectivity index (χ1) is 13.2. The third kappa shape index (κ3) is 3.32. The molecule has 1 amide bonds. The number of nitrogens with one attached hydrogen (secondary N) is 1. The highest BCUT2D eigenvalue weighted by Gasteiger charge is 2.30. The normalized spacial score (nSPS) is 14.6. The van der Waals surface area contributed by atoms with Crippen LogP contribution in [0.2, 0.25) is 0 Å². The van der Waals surface area contributed by atoms with Crippen LogP contribution >= 0.6 is 11.3 Å². The number of anilines is 1. The van der Waals surface area contributed by atoms with E-state index in [0.717, 1.165) is 52.3 Å². The predicted octanol–water partition coefficient (Wildman–Crippen LogP) is 4.95. The molecule has 1 fully saturated rings. The smallest absolute Gasteiger partial charge is 0.258 e. The van der Waals surface area contributed by atoms with Gasteiger partial charge in [0, 0.05) is 16.5 Å². The average molecular weight is 398 g/mol. The van der Waals surface area contributed by atoms with Gasteiger partial charge in [0.2, 0.25) is 0 Å². The van der Waals surface area contributed by atoms with Crippen LogP contribution < -0.4 is 5.32 Å². The molecule has 1 N–H and O–H groups in total. The van der Waals surface area contributed by atoms with Crippen molar-refractivity contribution in [3.05, 3.63) is 33.6 Å². The minimum Gasteiger partial charge on any atom is -0.298 e. The number of thiazole rings is 1. The van der Waals surface area contributed by atoms with Crippen molar-refractivity contribution in [2.24, 2.45) is 0 Å². The lowest BCUT2D eigenvalue weighted by molar-refractivity contribution is 0.102. The fourth-order valence-electron chi connectivity index (χ4n) is 3.52. The van der Waals surface area contributed by atoms with E-state index in [0.29, 0.717) is 16.6 Å². The summed E-state index contributed by atoms with van der Waals surface area (Å²) in [4.78, 5) is 23.9. The predicted molar refractivity (Wildman–Crippen MR) is 113 cm³/mol. The monoisotopic (exact) mass is 397 g/mol. The van der Waals surface area contributed by atoms with Crippen LogP contribution in [-0.2, 0) is 12.0 Å². The maximum absolute atomic E-state index is 13.2. The highest BCUT2D eigenvalue weighted by Crippen LogP contribution is 2.41. The van der Waals surface area contributed by atoms with Crippen LogP contribution in [0.4, 0.5) is 5.13 Å². The second kappa shape index (κ2) is 6.65. The molecule has 6 nitrogen and oxygen atoms in total. The van der Waals surface area contributed by atoms with Crippen LogP contribution in [0.3, 0.4) is 0 Å². The Kier molecular flexibility index (Phi) is 4.53. The van der Waals surface area contributed by atoms with Crippen LogP contribution in [0.25, 0.3) is 11.0 Å². The third-order valence-electron chi connectivity index (χ3n) is 5.16. The number of carbonyl (C=O) groups is 1. The largest absolute Gasteiger partial charge is 0.298 e. The number of nitrogens with zero attached hydrogens (tertiary/aromatic N) is 4. The molecule has 1 aliphatic carbocycles. The Morgan fingerprint density at radius 3 is 2.57 bits per heavy atom. The van der Waals surface area contributed by atoms with E-state index in [-0.39, 0.29) is 11.4 Å². The van der Waals surface area contributed by atoms with Crippen molar-refractivity contribution in [3.63, 3.8) is 0 Å². The number of amides is 1. The van der Waals surface area contributed by atoms with Gasteiger partial charge in [-0.25, -0.2) is 14.6 Å². The van der Waals surface area contributed by atoms with Crippen LogP contribution in [0.5, 0.6) is 0 Å². The lowest BCUT2D eigenvalue weighted by Crippen LogP contribution is -2.23. The lowest BCUT2D eigenvalue weighted by atomic mass is 10.1. The summed E-state index contributed by atoms with van der Waals surface area (Å²) in [6.07, 6.45) is 3.13. The van der Waals surface area contributed by atoms with E-state index in [9.17, 15) is 4.79 Å². The molecule has 0 aromatic carbocycles. The zero-order valence-electron chi connectivity index (χ0n) is 17.4. The maximum Gasteiger partial charge on any atom is 0.258 e. The number of pyridine rings is 1. The molecule has 0 atom stereocenters. The summed E-state index contributed by atoms with van der Waals surface area (Å²) in [5, 5.41) is 9.22. The molecule has 0 aliphatic heterocycles. The quantitative estimate of drug-likeness (QED) is 0.676. The van der Waals surface area contributed by atoms with Gasteiger partial charge < -0.3 is 0 Å². The summed E-state index contributed by atoms with van der Waals surface area (Å²) in [7, 11) is 0. The van der Waals surface area contributed by atoms with Crippen LogP contribution in [0.1, 0.15) is 78.8 Å². The van der Waals surface area contributed by atoms with Crippen molar-refractivity contribution in [2.75, 3.05) is 5.32 Å². The van der Waals surface area contributed by atoms with E-state index in [1.54, 1.807) is 0 Å². The second-order valence-corrected chi connectivity index (χ2v) is 9.77. The van der Waals surface area contributed by atoms with Crippen molar-refractivity contribution in [1.82, 2.24) is 19.7 Å². The Morgan fingerprint density at radius 1 is 1.29 bits per heavy atom. The molecule has 0 radical (unpaired) electrons. The van der Waals surface area contributed by atoms with E-state index in [1.165, 1.54) is 11.3 Å². The summed E-state index contributed by atoms with van der Waals surface area (Å²) in [5.74, 6) is 0.315. The summed E-state index contributed by atoms with van der Waals surface area (Å²) < 4.78 is 1.95. The molecule has 0 bridgehead atoms. The van der Waals surface area contributed by atoms with Crippen LogP contribution in [-0.4, -0.2) is 25.7 Å². The fourth-order valence-corrected chi connectivity index (χ4v) is 4.41. The summed E-state index contributed by atoms with van der Waals surface area (Å²) >= 11 is 1.52. The van der Waals surface area contributed by atoms with Crippen LogP contribution in [0.15, 0.2) is 6.07 Å². The van der Waals surface area contributed by atoms with Gasteiger partial charge in [0.25, 0.3) is 5.91 Å². The van der Waals surface area contributed by atoms with Gasteiger partial charge in [-0.2, -0.15) is 5.10 Å². The number of hydrogen-bond donors (Lipinski definition) is 1. The Morgan fingerprint density at radius 2 is 2.00 bits per heavy atom. The molecule has 3 heterocycles. The zero-order chi connectivity index (χ0) is 20.2. The fraction of sp³-hybridized carbons (Fsp3) is 0.524.